The van der Waals surface area contributed by atoms with Gasteiger partial charge in [-0.3, -0.25) is 14.5 Å². The van der Waals surface area contributed by atoms with Crippen molar-refractivity contribution >= 4 is 40.1 Å². The van der Waals surface area contributed by atoms with Gasteiger partial charge in [0.25, 0.3) is 5.91 Å². The fourth-order valence-corrected chi connectivity index (χ4v) is 3.80. The highest BCUT2D eigenvalue weighted by molar-refractivity contribution is 6.31. The molecule has 2 aromatic heterocycles. The average Bonchev–Trinajstić information content (AvgIpc) is 3.47. The first kappa shape index (κ1) is 23.5. The third-order valence-electron chi connectivity index (χ3n) is 5.73. The molecule has 0 saturated heterocycles. The molecule has 0 spiro atoms. The molecule has 1 atom stereocenters. The number of hydrogen-bond donors (Lipinski definition) is 1. The number of halogens is 1. The van der Waals surface area contributed by atoms with E-state index in [9.17, 15) is 9.59 Å². The second kappa shape index (κ2) is 9.69. The third kappa shape index (κ3) is 4.97. The van der Waals surface area contributed by atoms with Crippen LogP contribution in [0.25, 0.3) is 11.0 Å². The number of carbonyl (C=O) groups excluding carboxylic acids is 2. The second-order valence-corrected chi connectivity index (χ2v) is 9.06. The van der Waals surface area contributed by atoms with Crippen LogP contribution in [-0.4, -0.2) is 32.3 Å². The maximum atomic E-state index is 13.8. The van der Waals surface area contributed by atoms with E-state index < -0.39 is 11.6 Å². The summed E-state index contributed by atoms with van der Waals surface area (Å²) in [6.07, 6.45) is 2.19. The molecule has 9 heteroatoms. The molecule has 1 unspecified atom stereocenters. The van der Waals surface area contributed by atoms with E-state index in [1.54, 1.807) is 36.4 Å². The standard InChI is InChI=1S/C25H26ClN5O3/c1-4-25(2,3)27-24(33)23(21-13-8-14-34-21)31(18-10-7-9-17(26)15-18)22(32)16-30-20-12-6-5-11-19(20)28-29-30/h5-15,23H,4,16H2,1-3H3,(H,27,33). The van der Waals surface area contributed by atoms with E-state index in [2.05, 4.69) is 15.6 Å². The zero-order valence-corrected chi connectivity index (χ0v) is 20.0. The summed E-state index contributed by atoms with van der Waals surface area (Å²) >= 11 is 6.26. The predicted molar refractivity (Wildman–Crippen MR) is 130 cm³/mol. The van der Waals surface area contributed by atoms with Crippen LogP contribution < -0.4 is 10.2 Å². The quantitative estimate of drug-likeness (QED) is 0.393. The van der Waals surface area contributed by atoms with Gasteiger partial charge in [0.15, 0.2) is 6.04 Å². The Morgan fingerprint density at radius 3 is 2.65 bits per heavy atom. The van der Waals surface area contributed by atoms with Gasteiger partial charge in [0.05, 0.1) is 11.8 Å². The first-order valence-corrected chi connectivity index (χ1v) is 11.4. The molecular weight excluding hydrogens is 454 g/mol. The lowest BCUT2D eigenvalue weighted by Crippen LogP contribution is -2.51. The monoisotopic (exact) mass is 479 g/mol. The van der Waals surface area contributed by atoms with E-state index in [-0.39, 0.29) is 18.4 Å². The Morgan fingerprint density at radius 1 is 1.15 bits per heavy atom. The maximum Gasteiger partial charge on any atom is 0.251 e. The number of amides is 2. The summed E-state index contributed by atoms with van der Waals surface area (Å²) in [4.78, 5) is 28.8. The van der Waals surface area contributed by atoms with Gasteiger partial charge in [-0.05, 0) is 62.7 Å². The molecule has 34 heavy (non-hydrogen) atoms. The number of para-hydroxylation sites is 1. The van der Waals surface area contributed by atoms with Crippen LogP contribution in [0.4, 0.5) is 5.69 Å². The molecule has 0 aliphatic carbocycles. The fourth-order valence-electron chi connectivity index (χ4n) is 3.61. The number of carbonyl (C=O) groups is 2. The topological polar surface area (TPSA) is 93.3 Å². The van der Waals surface area contributed by atoms with Crippen LogP contribution >= 0.6 is 11.6 Å². The summed E-state index contributed by atoms with van der Waals surface area (Å²) in [6, 6.07) is 16.5. The Kier molecular flexibility index (Phi) is 6.70. The van der Waals surface area contributed by atoms with Gasteiger partial charge in [-0.25, -0.2) is 4.68 Å². The number of benzene rings is 2. The van der Waals surface area contributed by atoms with Gasteiger partial charge >= 0.3 is 0 Å². The summed E-state index contributed by atoms with van der Waals surface area (Å²) in [5, 5.41) is 11.7. The van der Waals surface area contributed by atoms with Gasteiger partial charge in [0.1, 0.15) is 17.8 Å². The van der Waals surface area contributed by atoms with Crippen molar-refractivity contribution < 1.29 is 14.0 Å². The Labute approximate surface area is 202 Å². The predicted octanol–water partition coefficient (Wildman–Crippen LogP) is 4.76. The van der Waals surface area contributed by atoms with E-state index in [1.165, 1.54) is 15.8 Å². The minimum Gasteiger partial charge on any atom is -0.467 e. The van der Waals surface area contributed by atoms with E-state index in [1.807, 2.05) is 45.0 Å². The normalized spacial score (nSPS) is 12.5. The number of nitrogens with zero attached hydrogens (tertiary/aromatic N) is 4. The van der Waals surface area contributed by atoms with Gasteiger partial charge < -0.3 is 9.73 Å². The summed E-state index contributed by atoms with van der Waals surface area (Å²) in [7, 11) is 0. The summed E-state index contributed by atoms with van der Waals surface area (Å²) < 4.78 is 7.15. The number of furan rings is 1. The van der Waals surface area contributed by atoms with Crippen molar-refractivity contribution in [2.75, 3.05) is 4.90 Å². The molecule has 2 heterocycles. The second-order valence-electron chi connectivity index (χ2n) is 8.62. The van der Waals surface area contributed by atoms with E-state index in [4.69, 9.17) is 16.0 Å². The van der Waals surface area contributed by atoms with Crippen molar-refractivity contribution in [2.24, 2.45) is 0 Å². The molecule has 4 aromatic rings. The molecule has 176 valence electrons. The summed E-state index contributed by atoms with van der Waals surface area (Å²) in [6.45, 7) is 5.71. The SMILES string of the molecule is CCC(C)(C)NC(=O)C(c1ccco1)N(C(=O)Cn1nnc2ccccc21)c1cccc(Cl)c1. The molecule has 1 N–H and O–H groups in total. The molecule has 0 aliphatic heterocycles. The molecule has 4 rings (SSSR count). The van der Waals surface area contributed by atoms with Crippen molar-refractivity contribution in [3.63, 3.8) is 0 Å². The lowest BCUT2D eigenvalue weighted by molar-refractivity contribution is -0.128. The molecule has 0 fully saturated rings. The Hall–Kier alpha value is -3.65. The van der Waals surface area contributed by atoms with Crippen molar-refractivity contribution in [3.8, 4) is 0 Å². The molecule has 8 nitrogen and oxygen atoms in total. The Balaban J connectivity index is 1.78. The van der Waals surface area contributed by atoms with Crippen LogP contribution in [0.3, 0.4) is 0 Å². The van der Waals surface area contributed by atoms with Crippen LogP contribution in [0, 0.1) is 0 Å². The maximum absolute atomic E-state index is 13.8. The summed E-state index contributed by atoms with van der Waals surface area (Å²) in [5.41, 5.74) is 1.38. The first-order chi connectivity index (χ1) is 16.3. The molecule has 0 bridgehead atoms. The largest absolute Gasteiger partial charge is 0.467 e. The van der Waals surface area contributed by atoms with E-state index in [0.29, 0.717) is 33.9 Å². The number of aromatic nitrogens is 3. The molecule has 2 aromatic carbocycles. The van der Waals surface area contributed by atoms with Crippen LogP contribution in [0.15, 0.2) is 71.3 Å². The third-order valence-corrected chi connectivity index (χ3v) is 5.96. The van der Waals surface area contributed by atoms with Crippen molar-refractivity contribution in [2.45, 2.75) is 45.3 Å². The molecule has 2 amide bonds. The van der Waals surface area contributed by atoms with Gasteiger partial charge in [-0.15, -0.1) is 5.10 Å². The minimum absolute atomic E-state index is 0.130. The Morgan fingerprint density at radius 2 is 1.94 bits per heavy atom. The van der Waals surface area contributed by atoms with Crippen LogP contribution in [0.2, 0.25) is 5.02 Å². The fraction of sp³-hybridized carbons (Fsp3) is 0.280. The molecular formula is C25H26ClN5O3. The van der Waals surface area contributed by atoms with E-state index in [0.717, 1.165) is 0 Å². The molecule has 0 aliphatic rings. The van der Waals surface area contributed by atoms with Crippen molar-refractivity contribution in [3.05, 3.63) is 77.7 Å². The van der Waals surface area contributed by atoms with Crippen LogP contribution in [0.5, 0.6) is 0 Å². The molecule has 0 radical (unpaired) electrons. The average molecular weight is 480 g/mol. The number of nitrogens with one attached hydrogen (secondary N) is 1. The zero-order chi connectivity index (χ0) is 24.3. The molecule has 0 saturated carbocycles. The number of fused-ring (bicyclic) bond motifs is 1. The first-order valence-electron chi connectivity index (χ1n) is 11.0. The number of anilines is 1. The number of hydrogen-bond acceptors (Lipinski definition) is 5. The van der Waals surface area contributed by atoms with Gasteiger partial charge in [-0.1, -0.05) is 41.9 Å². The van der Waals surface area contributed by atoms with Crippen molar-refractivity contribution in [1.29, 1.82) is 0 Å². The van der Waals surface area contributed by atoms with Crippen LogP contribution in [-0.2, 0) is 16.1 Å². The van der Waals surface area contributed by atoms with Gasteiger partial charge in [0.2, 0.25) is 5.91 Å². The lowest BCUT2D eigenvalue weighted by atomic mass is 10.0. The zero-order valence-electron chi connectivity index (χ0n) is 19.2. The Bertz CT molecular complexity index is 1300. The van der Waals surface area contributed by atoms with E-state index >= 15 is 0 Å². The van der Waals surface area contributed by atoms with Crippen molar-refractivity contribution in [1.82, 2.24) is 20.3 Å². The highest BCUT2D eigenvalue weighted by Crippen LogP contribution is 2.31. The van der Waals surface area contributed by atoms with Gasteiger partial charge in [0, 0.05) is 16.2 Å². The highest BCUT2D eigenvalue weighted by atomic mass is 35.5. The summed E-state index contributed by atoms with van der Waals surface area (Å²) in [5.74, 6) is -0.400. The minimum atomic E-state index is -1.05. The highest BCUT2D eigenvalue weighted by Gasteiger charge is 2.37. The van der Waals surface area contributed by atoms with Crippen LogP contribution in [0.1, 0.15) is 39.0 Å². The van der Waals surface area contributed by atoms with Gasteiger partial charge in [-0.2, -0.15) is 0 Å². The number of rotatable bonds is 8. The smallest absolute Gasteiger partial charge is 0.251 e. The lowest BCUT2D eigenvalue weighted by Gasteiger charge is -2.33.